The highest BCUT2D eigenvalue weighted by Gasteiger charge is 2.03. The third-order valence-electron chi connectivity index (χ3n) is 1.92. The molecule has 1 aromatic rings. The van der Waals surface area contributed by atoms with Gasteiger partial charge < -0.3 is 10.2 Å². The Morgan fingerprint density at radius 2 is 1.83 bits per heavy atom. The van der Waals surface area contributed by atoms with Crippen LogP contribution in [0.4, 0.5) is 0 Å². The molecule has 0 saturated carbocycles. The van der Waals surface area contributed by atoms with Gasteiger partial charge in [0.1, 0.15) is 11.5 Å². The summed E-state index contributed by atoms with van der Waals surface area (Å²) >= 11 is 0. The highest BCUT2D eigenvalue weighted by molar-refractivity contribution is 5.44. The Bertz CT molecular complexity index is 279. The van der Waals surface area contributed by atoms with Crippen LogP contribution in [-0.2, 0) is 6.42 Å². The minimum atomic E-state index is 0.160. The Balaban J connectivity index is 3.05. The van der Waals surface area contributed by atoms with Gasteiger partial charge >= 0.3 is 0 Å². The molecule has 12 heavy (non-hydrogen) atoms. The van der Waals surface area contributed by atoms with E-state index in [0.717, 1.165) is 24.0 Å². The van der Waals surface area contributed by atoms with Crippen LogP contribution in [0.3, 0.4) is 0 Å². The number of benzene rings is 1. The van der Waals surface area contributed by atoms with Crippen molar-refractivity contribution in [3.63, 3.8) is 0 Å². The summed E-state index contributed by atoms with van der Waals surface area (Å²) in [5, 5.41) is 18.6. The second-order valence-electron chi connectivity index (χ2n) is 3.02. The van der Waals surface area contributed by atoms with Gasteiger partial charge in [-0.25, -0.2) is 0 Å². The molecular weight excluding hydrogens is 152 g/mol. The third-order valence-corrected chi connectivity index (χ3v) is 1.92. The number of rotatable bonds is 2. The zero-order valence-electron chi connectivity index (χ0n) is 7.46. The molecule has 0 aliphatic carbocycles. The topological polar surface area (TPSA) is 40.5 Å². The molecule has 0 heterocycles. The summed E-state index contributed by atoms with van der Waals surface area (Å²) < 4.78 is 0. The average Bonchev–Trinajstić information content (AvgIpc) is 2.01. The van der Waals surface area contributed by atoms with Crippen LogP contribution in [-0.4, -0.2) is 10.2 Å². The highest BCUT2D eigenvalue weighted by atomic mass is 16.3. The molecule has 0 unspecified atom stereocenters. The standard InChI is InChI=1S/C10H14O2/c1-3-4-8-5-7(2)9(11)6-10(8)12/h5-6,11-12H,3-4H2,1-2H3. The van der Waals surface area contributed by atoms with Crippen LogP contribution in [0.5, 0.6) is 11.5 Å². The van der Waals surface area contributed by atoms with Gasteiger partial charge in [0, 0.05) is 6.07 Å². The first-order valence-corrected chi connectivity index (χ1v) is 4.16. The van der Waals surface area contributed by atoms with Crippen LogP contribution in [0, 0.1) is 6.92 Å². The summed E-state index contributed by atoms with van der Waals surface area (Å²) in [6.07, 6.45) is 1.85. The predicted molar refractivity (Wildman–Crippen MR) is 48.5 cm³/mol. The second kappa shape index (κ2) is 3.48. The zero-order valence-corrected chi connectivity index (χ0v) is 7.46. The molecule has 2 nitrogen and oxygen atoms in total. The maximum atomic E-state index is 9.39. The van der Waals surface area contributed by atoms with E-state index in [1.807, 2.05) is 13.0 Å². The summed E-state index contributed by atoms with van der Waals surface area (Å²) in [5.74, 6) is 0.354. The van der Waals surface area contributed by atoms with Crippen LogP contribution < -0.4 is 0 Å². The van der Waals surface area contributed by atoms with Crippen LogP contribution in [0.15, 0.2) is 12.1 Å². The molecule has 0 amide bonds. The third kappa shape index (κ3) is 1.70. The molecule has 2 heteroatoms. The van der Waals surface area contributed by atoms with Crippen molar-refractivity contribution in [2.75, 3.05) is 0 Å². The normalized spacial score (nSPS) is 10.2. The van der Waals surface area contributed by atoms with E-state index >= 15 is 0 Å². The zero-order chi connectivity index (χ0) is 9.14. The van der Waals surface area contributed by atoms with Crippen LogP contribution >= 0.6 is 0 Å². The highest BCUT2D eigenvalue weighted by Crippen LogP contribution is 2.27. The Kier molecular flexibility index (Phi) is 2.58. The number of aryl methyl sites for hydroxylation is 2. The first-order chi connectivity index (χ1) is 5.65. The summed E-state index contributed by atoms with van der Waals surface area (Å²) in [6, 6.07) is 3.23. The van der Waals surface area contributed by atoms with E-state index in [0.29, 0.717) is 0 Å². The van der Waals surface area contributed by atoms with Crippen molar-refractivity contribution < 1.29 is 10.2 Å². The molecule has 0 saturated heterocycles. The van der Waals surface area contributed by atoms with Crippen molar-refractivity contribution in [3.05, 3.63) is 23.3 Å². The number of aromatic hydroxyl groups is 2. The number of phenols is 2. The average molecular weight is 166 g/mol. The van der Waals surface area contributed by atoms with Crippen molar-refractivity contribution in [1.82, 2.24) is 0 Å². The second-order valence-corrected chi connectivity index (χ2v) is 3.02. The fourth-order valence-corrected chi connectivity index (χ4v) is 1.21. The van der Waals surface area contributed by atoms with Crippen LogP contribution in [0.25, 0.3) is 0 Å². The molecule has 66 valence electrons. The molecule has 0 radical (unpaired) electrons. The summed E-state index contributed by atoms with van der Waals surface area (Å²) in [6.45, 7) is 3.88. The van der Waals surface area contributed by atoms with Gasteiger partial charge in [0.2, 0.25) is 0 Å². The maximum absolute atomic E-state index is 9.39. The van der Waals surface area contributed by atoms with E-state index in [-0.39, 0.29) is 11.5 Å². The van der Waals surface area contributed by atoms with Crippen LogP contribution in [0.1, 0.15) is 24.5 Å². The molecule has 0 fully saturated rings. The summed E-state index contributed by atoms with van der Waals surface area (Å²) in [4.78, 5) is 0. The van der Waals surface area contributed by atoms with Gasteiger partial charge in [-0.3, -0.25) is 0 Å². The molecule has 1 rings (SSSR count). The van der Waals surface area contributed by atoms with Gasteiger partial charge in [-0.15, -0.1) is 0 Å². The van der Waals surface area contributed by atoms with Crippen molar-refractivity contribution in [2.45, 2.75) is 26.7 Å². The molecule has 0 aliphatic rings. The van der Waals surface area contributed by atoms with E-state index in [1.165, 1.54) is 6.07 Å². The number of hydrogen-bond acceptors (Lipinski definition) is 2. The van der Waals surface area contributed by atoms with E-state index in [1.54, 1.807) is 0 Å². The SMILES string of the molecule is CCCc1cc(C)c(O)cc1O. The van der Waals surface area contributed by atoms with Crippen molar-refractivity contribution in [1.29, 1.82) is 0 Å². The smallest absolute Gasteiger partial charge is 0.122 e. The van der Waals surface area contributed by atoms with Gasteiger partial charge in [-0.1, -0.05) is 13.3 Å². The Hall–Kier alpha value is -1.18. The van der Waals surface area contributed by atoms with Gasteiger partial charge in [-0.2, -0.15) is 0 Å². The molecule has 1 aromatic carbocycles. The van der Waals surface area contributed by atoms with Crippen molar-refractivity contribution in [2.24, 2.45) is 0 Å². The van der Waals surface area contributed by atoms with Gasteiger partial charge in [-0.05, 0) is 30.5 Å². The fourth-order valence-electron chi connectivity index (χ4n) is 1.21. The Morgan fingerprint density at radius 3 is 2.42 bits per heavy atom. The lowest BCUT2D eigenvalue weighted by molar-refractivity contribution is 0.443. The van der Waals surface area contributed by atoms with Crippen LogP contribution in [0.2, 0.25) is 0 Å². The summed E-state index contributed by atoms with van der Waals surface area (Å²) in [7, 11) is 0. The number of hydrogen-bond donors (Lipinski definition) is 2. The molecule has 0 atom stereocenters. The Morgan fingerprint density at radius 1 is 1.17 bits per heavy atom. The number of phenolic OH excluding ortho intramolecular Hbond substituents is 2. The molecule has 2 N–H and O–H groups in total. The van der Waals surface area contributed by atoms with Gasteiger partial charge in [0.25, 0.3) is 0 Å². The largest absolute Gasteiger partial charge is 0.508 e. The fraction of sp³-hybridized carbons (Fsp3) is 0.400. The van der Waals surface area contributed by atoms with E-state index in [2.05, 4.69) is 6.92 Å². The quantitative estimate of drug-likeness (QED) is 0.708. The van der Waals surface area contributed by atoms with Crippen molar-refractivity contribution >= 4 is 0 Å². The molecule has 0 bridgehead atoms. The minimum Gasteiger partial charge on any atom is -0.508 e. The monoisotopic (exact) mass is 166 g/mol. The molecule has 0 aromatic heterocycles. The molecular formula is C10H14O2. The first-order valence-electron chi connectivity index (χ1n) is 4.16. The summed E-state index contributed by atoms with van der Waals surface area (Å²) in [5.41, 5.74) is 1.73. The first kappa shape index (κ1) is 8.91. The molecule has 0 spiro atoms. The van der Waals surface area contributed by atoms with E-state index in [4.69, 9.17) is 0 Å². The maximum Gasteiger partial charge on any atom is 0.122 e. The van der Waals surface area contributed by atoms with E-state index < -0.39 is 0 Å². The predicted octanol–water partition coefficient (Wildman–Crippen LogP) is 2.36. The lowest BCUT2D eigenvalue weighted by Gasteiger charge is -2.05. The van der Waals surface area contributed by atoms with Gasteiger partial charge in [0.05, 0.1) is 0 Å². The van der Waals surface area contributed by atoms with E-state index in [9.17, 15) is 10.2 Å². The Labute approximate surface area is 72.5 Å². The van der Waals surface area contributed by atoms with Gasteiger partial charge in [0.15, 0.2) is 0 Å². The van der Waals surface area contributed by atoms with Crippen molar-refractivity contribution in [3.8, 4) is 11.5 Å². The lowest BCUT2D eigenvalue weighted by atomic mass is 10.1. The minimum absolute atomic E-state index is 0.160. The molecule has 0 aliphatic heterocycles. The lowest BCUT2D eigenvalue weighted by Crippen LogP contribution is -1.86.